The molecule has 110 valence electrons. The Balaban J connectivity index is 2.21. The van der Waals surface area contributed by atoms with Crippen LogP contribution in [0.15, 0.2) is 45.3 Å². The second kappa shape index (κ2) is 7.02. The van der Waals surface area contributed by atoms with Gasteiger partial charge in [0, 0.05) is 28.2 Å². The van der Waals surface area contributed by atoms with E-state index in [0.717, 1.165) is 10.0 Å². The predicted octanol–water partition coefficient (Wildman–Crippen LogP) is 4.16. The fourth-order valence-electron chi connectivity index (χ4n) is 1.82. The highest BCUT2D eigenvalue weighted by atomic mass is 79.9. The zero-order valence-electron chi connectivity index (χ0n) is 10.9. The predicted molar refractivity (Wildman–Crippen MR) is 87.2 cm³/mol. The van der Waals surface area contributed by atoms with Gasteiger partial charge in [0.2, 0.25) is 0 Å². The van der Waals surface area contributed by atoms with Crippen molar-refractivity contribution in [1.82, 2.24) is 0 Å². The minimum absolute atomic E-state index is 0.0194. The minimum atomic E-state index is -0.432. The van der Waals surface area contributed by atoms with Gasteiger partial charge in [-0.2, -0.15) is 0 Å². The summed E-state index contributed by atoms with van der Waals surface area (Å²) in [5.41, 5.74) is 7.27. The molecule has 5 nitrogen and oxygen atoms in total. The molecule has 0 heterocycles. The lowest BCUT2D eigenvalue weighted by Gasteiger charge is -2.12. The Hall–Kier alpha value is -1.44. The van der Waals surface area contributed by atoms with Gasteiger partial charge in [-0.3, -0.25) is 10.1 Å². The van der Waals surface area contributed by atoms with Crippen LogP contribution in [0.3, 0.4) is 0 Å². The number of benzene rings is 2. The van der Waals surface area contributed by atoms with E-state index in [-0.39, 0.29) is 12.3 Å². The zero-order valence-corrected chi connectivity index (χ0v) is 14.1. The normalized spacial score (nSPS) is 10.4. The van der Waals surface area contributed by atoms with Gasteiger partial charge in [-0.05, 0) is 34.1 Å². The molecule has 2 aromatic rings. The fraction of sp³-hybridized carbons (Fsp3) is 0.143. The van der Waals surface area contributed by atoms with Crippen LogP contribution in [0.2, 0.25) is 0 Å². The summed E-state index contributed by atoms with van der Waals surface area (Å²) in [6, 6.07) is 10.4. The van der Waals surface area contributed by atoms with Crippen LogP contribution in [-0.4, -0.2) is 4.92 Å². The van der Waals surface area contributed by atoms with E-state index in [4.69, 9.17) is 10.5 Å². The van der Waals surface area contributed by atoms with Crippen molar-refractivity contribution in [2.24, 2.45) is 5.73 Å². The van der Waals surface area contributed by atoms with Crippen LogP contribution in [-0.2, 0) is 13.2 Å². The molecule has 7 heteroatoms. The molecule has 0 amide bonds. The first-order chi connectivity index (χ1) is 10.0. The zero-order chi connectivity index (χ0) is 15.4. The molecule has 21 heavy (non-hydrogen) atoms. The Morgan fingerprint density at radius 2 is 1.95 bits per heavy atom. The standard InChI is InChI=1S/C14H12Br2N2O3/c15-11-4-5-13(10(6-11)7-17)21-8-9-2-1-3-12(14(9)16)18(19)20/h1-6H,7-8,17H2. The van der Waals surface area contributed by atoms with Gasteiger partial charge in [0.1, 0.15) is 16.8 Å². The van der Waals surface area contributed by atoms with Crippen molar-refractivity contribution in [3.63, 3.8) is 0 Å². The van der Waals surface area contributed by atoms with Crippen molar-refractivity contribution in [2.75, 3.05) is 0 Å². The Labute approximate surface area is 138 Å². The summed E-state index contributed by atoms with van der Waals surface area (Å²) < 4.78 is 7.09. The molecule has 0 aliphatic carbocycles. The van der Waals surface area contributed by atoms with E-state index in [1.165, 1.54) is 6.07 Å². The van der Waals surface area contributed by atoms with Crippen LogP contribution in [0.1, 0.15) is 11.1 Å². The number of rotatable bonds is 5. The number of nitro groups is 1. The van der Waals surface area contributed by atoms with Crippen molar-refractivity contribution in [2.45, 2.75) is 13.2 Å². The summed E-state index contributed by atoms with van der Waals surface area (Å²) >= 11 is 6.63. The van der Waals surface area contributed by atoms with Crippen LogP contribution in [0, 0.1) is 10.1 Å². The Morgan fingerprint density at radius 3 is 2.62 bits per heavy atom. The maximum Gasteiger partial charge on any atom is 0.283 e. The van der Waals surface area contributed by atoms with E-state index in [1.54, 1.807) is 12.1 Å². The molecule has 0 radical (unpaired) electrons. The molecule has 0 atom stereocenters. The summed E-state index contributed by atoms with van der Waals surface area (Å²) in [6.07, 6.45) is 0. The van der Waals surface area contributed by atoms with E-state index in [9.17, 15) is 10.1 Å². The first-order valence-electron chi connectivity index (χ1n) is 6.06. The second-order valence-corrected chi connectivity index (χ2v) is 5.96. The molecular formula is C14H12Br2N2O3. The van der Waals surface area contributed by atoms with Gasteiger partial charge in [-0.25, -0.2) is 0 Å². The van der Waals surface area contributed by atoms with Crippen molar-refractivity contribution in [1.29, 1.82) is 0 Å². The van der Waals surface area contributed by atoms with Crippen molar-refractivity contribution >= 4 is 37.5 Å². The van der Waals surface area contributed by atoms with Crippen LogP contribution in [0.4, 0.5) is 5.69 Å². The largest absolute Gasteiger partial charge is 0.489 e. The lowest BCUT2D eigenvalue weighted by Crippen LogP contribution is -2.04. The molecule has 0 aliphatic rings. The first-order valence-corrected chi connectivity index (χ1v) is 7.64. The van der Waals surface area contributed by atoms with E-state index in [0.29, 0.717) is 22.3 Å². The number of ether oxygens (including phenoxy) is 1. The summed E-state index contributed by atoms with van der Waals surface area (Å²) in [4.78, 5) is 10.5. The second-order valence-electron chi connectivity index (χ2n) is 4.25. The fourth-order valence-corrected chi connectivity index (χ4v) is 2.75. The first kappa shape index (κ1) is 15.9. The Bertz CT molecular complexity index is 677. The van der Waals surface area contributed by atoms with Gasteiger partial charge >= 0.3 is 0 Å². The minimum Gasteiger partial charge on any atom is -0.489 e. The molecule has 0 bridgehead atoms. The lowest BCUT2D eigenvalue weighted by molar-refractivity contribution is -0.385. The van der Waals surface area contributed by atoms with Crippen molar-refractivity contribution in [3.05, 3.63) is 66.6 Å². The van der Waals surface area contributed by atoms with Crippen molar-refractivity contribution < 1.29 is 9.66 Å². The number of nitrogens with two attached hydrogens (primary N) is 1. The topological polar surface area (TPSA) is 78.4 Å². The number of nitro benzene ring substituents is 1. The van der Waals surface area contributed by atoms with Crippen LogP contribution in [0.5, 0.6) is 5.75 Å². The quantitative estimate of drug-likeness (QED) is 0.587. The van der Waals surface area contributed by atoms with Gasteiger partial charge in [-0.15, -0.1) is 0 Å². The summed E-state index contributed by atoms with van der Waals surface area (Å²) in [7, 11) is 0. The molecule has 0 unspecified atom stereocenters. The summed E-state index contributed by atoms with van der Waals surface area (Å²) in [6.45, 7) is 0.571. The molecular weight excluding hydrogens is 404 g/mol. The highest BCUT2D eigenvalue weighted by Crippen LogP contribution is 2.30. The van der Waals surface area contributed by atoms with E-state index in [2.05, 4.69) is 31.9 Å². The Kier molecular flexibility index (Phi) is 5.33. The number of hydrogen-bond donors (Lipinski definition) is 1. The third-order valence-electron chi connectivity index (χ3n) is 2.88. The maximum atomic E-state index is 10.9. The molecule has 0 fully saturated rings. The van der Waals surface area contributed by atoms with E-state index in [1.807, 2.05) is 18.2 Å². The van der Waals surface area contributed by atoms with Crippen LogP contribution in [0.25, 0.3) is 0 Å². The highest BCUT2D eigenvalue weighted by Gasteiger charge is 2.15. The van der Waals surface area contributed by atoms with Gasteiger partial charge in [-0.1, -0.05) is 28.1 Å². The molecule has 0 spiro atoms. The number of halogens is 2. The van der Waals surface area contributed by atoms with Gasteiger partial charge in [0.25, 0.3) is 5.69 Å². The molecule has 0 saturated heterocycles. The summed E-state index contributed by atoms with van der Waals surface area (Å²) in [5.74, 6) is 0.666. The Morgan fingerprint density at radius 1 is 1.19 bits per heavy atom. The summed E-state index contributed by atoms with van der Waals surface area (Å²) in [5, 5.41) is 10.9. The van der Waals surface area contributed by atoms with Crippen LogP contribution < -0.4 is 10.5 Å². The van der Waals surface area contributed by atoms with Gasteiger partial charge in [0.15, 0.2) is 0 Å². The molecule has 2 aromatic carbocycles. The lowest BCUT2D eigenvalue weighted by atomic mass is 10.2. The average Bonchev–Trinajstić information content (AvgIpc) is 2.46. The van der Waals surface area contributed by atoms with Crippen LogP contribution >= 0.6 is 31.9 Å². The third kappa shape index (κ3) is 3.81. The molecule has 0 aliphatic heterocycles. The maximum absolute atomic E-state index is 10.9. The molecule has 0 aromatic heterocycles. The third-order valence-corrected chi connectivity index (χ3v) is 4.29. The number of nitrogens with zero attached hydrogens (tertiary/aromatic N) is 1. The number of hydrogen-bond acceptors (Lipinski definition) is 4. The molecule has 2 rings (SSSR count). The highest BCUT2D eigenvalue weighted by molar-refractivity contribution is 9.10. The average molecular weight is 416 g/mol. The van der Waals surface area contributed by atoms with Gasteiger partial charge < -0.3 is 10.5 Å². The smallest absolute Gasteiger partial charge is 0.283 e. The monoisotopic (exact) mass is 414 g/mol. The van der Waals surface area contributed by atoms with E-state index >= 15 is 0 Å². The van der Waals surface area contributed by atoms with Crippen molar-refractivity contribution in [3.8, 4) is 5.75 Å². The van der Waals surface area contributed by atoms with E-state index < -0.39 is 4.92 Å². The molecule has 0 saturated carbocycles. The van der Waals surface area contributed by atoms with Gasteiger partial charge in [0.05, 0.1) is 4.92 Å². The SMILES string of the molecule is NCc1cc(Br)ccc1OCc1cccc([N+](=O)[O-])c1Br. The molecule has 2 N–H and O–H groups in total.